The molecule has 0 spiro atoms. The molecule has 1 aliphatic heterocycles. The molecule has 0 saturated carbocycles. The van der Waals surface area contributed by atoms with Crippen molar-refractivity contribution in [1.82, 2.24) is 0 Å². The van der Waals surface area contributed by atoms with Crippen molar-refractivity contribution >= 4 is 11.3 Å². The van der Waals surface area contributed by atoms with Crippen molar-refractivity contribution in [1.29, 1.82) is 0 Å². The summed E-state index contributed by atoms with van der Waals surface area (Å²) in [7, 11) is 0. The molecule has 0 bridgehead atoms. The van der Waals surface area contributed by atoms with Gasteiger partial charge in [0.25, 0.3) is 0 Å². The Balaban J connectivity index is 1.78. The van der Waals surface area contributed by atoms with E-state index in [1.165, 1.54) is 27.8 Å². The van der Waals surface area contributed by atoms with Gasteiger partial charge in [-0.15, -0.1) is 0 Å². The average molecular weight is 247 g/mol. The van der Waals surface area contributed by atoms with E-state index in [1.54, 1.807) is 0 Å². The Hall–Kier alpha value is -2.15. The fourth-order valence-corrected chi connectivity index (χ4v) is 2.29. The zero-order valence-electron chi connectivity index (χ0n) is 11.4. The van der Waals surface area contributed by atoms with E-state index in [4.69, 9.17) is 0 Å². The molecular weight excluding hydrogens is 230 g/mol. The second-order valence-electron chi connectivity index (χ2n) is 5.14. The quantitative estimate of drug-likeness (QED) is 0.739. The van der Waals surface area contributed by atoms with Crippen LogP contribution in [-0.2, 0) is 0 Å². The summed E-state index contributed by atoms with van der Waals surface area (Å²) in [6.45, 7) is 4.22. The van der Waals surface area contributed by atoms with Crippen LogP contribution in [0.3, 0.4) is 0 Å². The van der Waals surface area contributed by atoms with Crippen molar-refractivity contribution in [2.45, 2.75) is 20.3 Å². The number of hydrogen-bond donors (Lipinski definition) is 0. The highest BCUT2D eigenvalue weighted by molar-refractivity contribution is 6.09. The lowest BCUT2D eigenvalue weighted by Crippen LogP contribution is -1.98. The maximum absolute atomic E-state index is 4.57. The minimum absolute atomic E-state index is 0.923. The summed E-state index contributed by atoms with van der Waals surface area (Å²) in [5.41, 5.74) is 7.54. The molecule has 0 aromatic heterocycles. The molecule has 0 fully saturated rings. The number of hydrogen-bond acceptors (Lipinski definition) is 1. The second kappa shape index (κ2) is 4.85. The molecule has 94 valence electrons. The molecule has 0 amide bonds. The lowest BCUT2D eigenvalue weighted by atomic mass is 9.98. The van der Waals surface area contributed by atoms with E-state index in [2.05, 4.69) is 67.4 Å². The average Bonchev–Trinajstić information content (AvgIpc) is 2.90. The highest BCUT2D eigenvalue weighted by Gasteiger charge is 2.13. The molecule has 0 N–H and O–H groups in total. The van der Waals surface area contributed by atoms with Crippen molar-refractivity contribution in [3.8, 4) is 0 Å². The smallest absolute Gasteiger partial charge is 0.0520 e. The van der Waals surface area contributed by atoms with E-state index < -0.39 is 0 Å². The molecule has 19 heavy (non-hydrogen) atoms. The van der Waals surface area contributed by atoms with Gasteiger partial charge in [0.2, 0.25) is 0 Å². The van der Waals surface area contributed by atoms with Crippen molar-refractivity contribution < 1.29 is 0 Å². The van der Waals surface area contributed by atoms with E-state index in [9.17, 15) is 0 Å². The van der Waals surface area contributed by atoms with E-state index in [-0.39, 0.29) is 0 Å². The SMILES string of the molecule is Cc1ccc(C2=CN=C(c3ccc(C)cc3)C2)cc1. The standard InChI is InChI=1S/C18H17N/c1-13-3-7-15(8-4-13)17-11-18(19-12-17)16-9-5-14(2)6-10-16/h3-10,12H,11H2,1-2H3. The molecule has 2 aromatic rings. The molecule has 1 nitrogen and oxygen atoms in total. The van der Waals surface area contributed by atoms with Crippen LogP contribution in [-0.4, -0.2) is 5.71 Å². The summed E-state index contributed by atoms with van der Waals surface area (Å²) in [6, 6.07) is 17.2. The molecule has 1 heteroatoms. The van der Waals surface area contributed by atoms with Crippen LogP contribution in [0.15, 0.2) is 59.7 Å². The molecule has 3 rings (SSSR count). The van der Waals surface area contributed by atoms with Crippen LogP contribution in [0.1, 0.15) is 28.7 Å². The molecule has 0 aliphatic carbocycles. The van der Waals surface area contributed by atoms with E-state index in [0.717, 1.165) is 12.1 Å². The molecule has 0 atom stereocenters. The first-order valence-electron chi connectivity index (χ1n) is 6.62. The van der Waals surface area contributed by atoms with Crippen LogP contribution in [0, 0.1) is 13.8 Å². The summed E-state index contributed by atoms with van der Waals surface area (Å²) in [5.74, 6) is 0. The molecule has 1 aliphatic rings. The van der Waals surface area contributed by atoms with Crippen molar-refractivity contribution in [2.24, 2.45) is 4.99 Å². The first-order valence-corrected chi connectivity index (χ1v) is 6.62. The summed E-state index contributed by atoms with van der Waals surface area (Å²) in [6.07, 6.45) is 2.92. The van der Waals surface area contributed by atoms with Crippen LogP contribution >= 0.6 is 0 Å². The lowest BCUT2D eigenvalue weighted by Gasteiger charge is -2.05. The maximum Gasteiger partial charge on any atom is 0.0520 e. The summed E-state index contributed by atoms with van der Waals surface area (Å²) in [5, 5.41) is 0. The van der Waals surface area contributed by atoms with Gasteiger partial charge in [-0.3, -0.25) is 4.99 Å². The number of benzene rings is 2. The van der Waals surface area contributed by atoms with Gasteiger partial charge in [-0.05, 0) is 30.5 Å². The first-order chi connectivity index (χ1) is 9.22. The fourth-order valence-electron chi connectivity index (χ4n) is 2.29. The Kier molecular flexibility index (Phi) is 3.04. The third-order valence-electron chi connectivity index (χ3n) is 3.54. The monoisotopic (exact) mass is 247 g/mol. The minimum Gasteiger partial charge on any atom is -0.260 e. The summed E-state index contributed by atoms with van der Waals surface area (Å²) >= 11 is 0. The number of aryl methyl sites for hydroxylation is 2. The first kappa shape index (κ1) is 11.9. The zero-order chi connectivity index (χ0) is 13.2. The van der Waals surface area contributed by atoms with Crippen LogP contribution in [0.5, 0.6) is 0 Å². The summed E-state index contributed by atoms with van der Waals surface area (Å²) < 4.78 is 0. The van der Waals surface area contributed by atoms with Crippen molar-refractivity contribution in [2.75, 3.05) is 0 Å². The number of aliphatic imine (C=N–C) groups is 1. The highest BCUT2D eigenvalue weighted by atomic mass is 14.7. The van der Waals surface area contributed by atoms with Crippen molar-refractivity contribution in [3.63, 3.8) is 0 Å². The minimum atomic E-state index is 0.923. The van der Waals surface area contributed by atoms with E-state index in [1.807, 2.05) is 6.20 Å². The predicted molar refractivity (Wildman–Crippen MR) is 81.5 cm³/mol. The van der Waals surface area contributed by atoms with Crippen LogP contribution < -0.4 is 0 Å². The molecule has 0 saturated heterocycles. The Morgan fingerprint density at radius 1 is 0.737 bits per heavy atom. The number of allylic oxidation sites excluding steroid dienone is 1. The van der Waals surface area contributed by atoms with Crippen molar-refractivity contribution in [3.05, 3.63) is 77.0 Å². The second-order valence-corrected chi connectivity index (χ2v) is 5.14. The largest absolute Gasteiger partial charge is 0.260 e. The Bertz CT molecular complexity index is 584. The van der Waals surface area contributed by atoms with Gasteiger partial charge in [0.1, 0.15) is 0 Å². The Labute approximate surface area is 114 Å². The number of rotatable bonds is 2. The predicted octanol–water partition coefficient (Wildman–Crippen LogP) is 4.54. The molecular formula is C18H17N. The van der Waals surface area contributed by atoms with E-state index in [0.29, 0.717) is 0 Å². The number of nitrogens with zero attached hydrogens (tertiary/aromatic N) is 1. The lowest BCUT2D eigenvalue weighted by molar-refractivity contribution is 1.41. The molecule has 2 aromatic carbocycles. The Morgan fingerprint density at radius 2 is 1.26 bits per heavy atom. The molecule has 0 radical (unpaired) electrons. The van der Waals surface area contributed by atoms with Gasteiger partial charge in [-0.25, -0.2) is 0 Å². The van der Waals surface area contributed by atoms with Gasteiger partial charge in [0.05, 0.1) is 5.71 Å². The normalized spacial score (nSPS) is 14.2. The van der Waals surface area contributed by atoms with Gasteiger partial charge in [0, 0.05) is 12.6 Å². The maximum atomic E-state index is 4.57. The Morgan fingerprint density at radius 3 is 1.84 bits per heavy atom. The topological polar surface area (TPSA) is 12.4 Å². The molecule has 1 heterocycles. The van der Waals surface area contributed by atoms with Crippen LogP contribution in [0.2, 0.25) is 0 Å². The summed E-state index contributed by atoms with van der Waals surface area (Å²) in [4.78, 5) is 4.57. The van der Waals surface area contributed by atoms with E-state index >= 15 is 0 Å². The third-order valence-corrected chi connectivity index (χ3v) is 3.54. The highest BCUT2D eigenvalue weighted by Crippen LogP contribution is 2.26. The van der Waals surface area contributed by atoms with Gasteiger partial charge >= 0.3 is 0 Å². The fraction of sp³-hybridized carbons (Fsp3) is 0.167. The van der Waals surface area contributed by atoms with Gasteiger partial charge < -0.3 is 0 Å². The molecule has 0 unspecified atom stereocenters. The third kappa shape index (κ3) is 2.50. The van der Waals surface area contributed by atoms with Crippen LogP contribution in [0.25, 0.3) is 5.57 Å². The van der Waals surface area contributed by atoms with Gasteiger partial charge in [-0.2, -0.15) is 0 Å². The van der Waals surface area contributed by atoms with Gasteiger partial charge in [0.15, 0.2) is 0 Å². The zero-order valence-corrected chi connectivity index (χ0v) is 11.4. The van der Waals surface area contributed by atoms with Crippen LogP contribution in [0.4, 0.5) is 0 Å². The van der Waals surface area contributed by atoms with Gasteiger partial charge in [-0.1, -0.05) is 59.7 Å².